The summed E-state index contributed by atoms with van der Waals surface area (Å²) in [5.41, 5.74) is 3.63. The topological polar surface area (TPSA) is 20.3 Å². The lowest BCUT2D eigenvalue weighted by Gasteiger charge is -2.26. The Labute approximate surface area is 159 Å². The van der Waals surface area contributed by atoms with E-state index in [2.05, 4.69) is 69.3 Å². The molecule has 3 heteroatoms. The predicted octanol–water partition coefficient (Wildman–Crippen LogP) is 5.92. The van der Waals surface area contributed by atoms with Crippen molar-refractivity contribution in [3.05, 3.63) is 77.9 Å². The second-order valence-corrected chi connectivity index (χ2v) is 8.87. The predicted molar refractivity (Wildman–Crippen MR) is 112 cm³/mol. The number of hydrogen-bond acceptors (Lipinski definition) is 2. The Hall–Kier alpha value is -2.26. The van der Waals surface area contributed by atoms with Crippen LogP contribution in [0.2, 0.25) is 0 Å². The molecule has 1 fully saturated rings. The van der Waals surface area contributed by atoms with Crippen molar-refractivity contribution < 1.29 is 4.79 Å². The minimum Gasteiger partial charge on any atom is -0.294 e. The molecule has 2 nitrogen and oxygen atoms in total. The lowest BCUT2D eigenvalue weighted by molar-refractivity contribution is -0.115. The average molecular weight is 362 g/mol. The first-order valence-corrected chi connectivity index (χ1v) is 10.0. The number of rotatable bonds is 2. The van der Waals surface area contributed by atoms with E-state index in [9.17, 15) is 4.79 Å². The second kappa shape index (κ2) is 6.48. The summed E-state index contributed by atoms with van der Waals surface area (Å²) in [5.74, 6) is 0.700. The van der Waals surface area contributed by atoms with E-state index in [4.69, 9.17) is 0 Å². The van der Waals surface area contributed by atoms with Gasteiger partial charge in [-0.2, -0.15) is 0 Å². The van der Waals surface area contributed by atoms with Gasteiger partial charge in [-0.25, -0.2) is 0 Å². The number of thioether (sulfide) groups is 1. The van der Waals surface area contributed by atoms with Gasteiger partial charge in [-0.3, -0.25) is 9.69 Å². The number of fused-ring (bicyclic) bond motifs is 1. The quantitative estimate of drug-likeness (QED) is 0.565. The van der Waals surface area contributed by atoms with Crippen LogP contribution in [0.3, 0.4) is 0 Å². The fourth-order valence-electron chi connectivity index (χ4n) is 3.50. The average Bonchev–Trinajstić information content (AvgIpc) is 3.02. The molecule has 3 aromatic carbocycles. The summed E-state index contributed by atoms with van der Waals surface area (Å²) < 4.78 is 0. The SMILES string of the molecule is CC(C)(C)c1ccc([C@@H]2SCC(=O)N2c2cccc3ccccc23)cc1. The van der Waals surface area contributed by atoms with Crippen LogP contribution in [-0.2, 0) is 10.2 Å². The summed E-state index contributed by atoms with van der Waals surface area (Å²) in [6, 6.07) is 23.2. The van der Waals surface area contributed by atoms with Crippen LogP contribution in [0.25, 0.3) is 10.8 Å². The van der Waals surface area contributed by atoms with Gasteiger partial charge in [0.15, 0.2) is 0 Å². The molecule has 0 bridgehead atoms. The number of amides is 1. The molecule has 1 aliphatic rings. The number of benzene rings is 3. The minimum absolute atomic E-state index is 0.0299. The maximum atomic E-state index is 12.7. The van der Waals surface area contributed by atoms with Gasteiger partial charge in [0, 0.05) is 5.39 Å². The first-order chi connectivity index (χ1) is 12.4. The summed E-state index contributed by atoms with van der Waals surface area (Å²) in [7, 11) is 0. The number of anilines is 1. The Bertz CT molecular complexity index is 951. The molecule has 0 aromatic heterocycles. The molecule has 4 rings (SSSR count). The highest BCUT2D eigenvalue weighted by Gasteiger charge is 2.34. The zero-order valence-electron chi connectivity index (χ0n) is 15.4. The van der Waals surface area contributed by atoms with Gasteiger partial charge < -0.3 is 0 Å². The van der Waals surface area contributed by atoms with Gasteiger partial charge in [0.2, 0.25) is 5.91 Å². The van der Waals surface area contributed by atoms with E-state index in [1.54, 1.807) is 11.8 Å². The van der Waals surface area contributed by atoms with Crippen LogP contribution in [0.5, 0.6) is 0 Å². The largest absolute Gasteiger partial charge is 0.294 e. The second-order valence-electron chi connectivity index (χ2n) is 7.80. The van der Waals surface area contributed by atoms with Gasteiger partial charge >= 0.3 is 0 Å². The normalized spacial score (nSPS) is 17.9. The van der Waals surface area contributed by atoms with E-state index in [-0.39, 0.29) is 16.7 Å². The smallest absolute Gasteiger partial charge is 0.238 e. The fourth-order valence-corrected chi connectivity index (χ4v) is 4.67. The lowest BCUT2D eigenvalue weighted by atomic mass is 9.86. The van der Waals surface area contributed by atoms with Crippen LogP contribution in [-0.4, -0.2) is 11.7 Å². The number of carbonyl (C=O) groups excluding carboxylic acids is 1. The molecule has 26 heavy (non-hydrogen) atoms. The standard InChI is InChI=1S/C23H23NOS/c1-23(2,3)18-13-11-17(12-14-18)22-24(21(25)15-26-22)20-10-6-8-16-7-4-5-9-19(16)20/h4-14,22H,15H2,1-3H3/t22-/m0/s1. The maximum Gasteiger partial charge on any atom is 0.238 e. The highest BCUT2D eigenvalue weighted by Crippen LogP contribution is 2.44. The molecule has 1 aliphatic heterocycles. The van der Waals surface area contributed by atoms with E-state index >= 15 is 0 Å². The van der Waals surface area contributed by atoms with Gasteiger partial charge in [-0.15, -0.1) is 11.8 Å². The van der Waals surface area contributed by atoms with Crippen molar-refractivity contribution in [2.45, 2.75) is 31.6 Å². The summed E-state index contributed by atoms with van der Waals surface area (Å²) in [6.45, 7) is 6.66. The van der Waals surface area contributed by atoms with Crippen LogP contribution in [0, 0.1) is 0 Å². The highest BCUT2D eigenvalue weighted by atomic mass is 32.2. The molecule has 0 saturated carbocycles. The van der Waals surface area contributed by atoms with Crippen molar-refractivity contribution in [1.82, 2.24) is 0 Å². The van der Waals surface area contributed by atoms with Crippen molar-refractivity contribution >= 4 is 34.1 Å². The molecule has 0 spiro atoms. The molecule has 0 radical (unpaired) electrons. The van der Waals surface area contributed by atoms with E-state index in [1.807, 2.05) is 23.1 Å². The van der Waals surface area contributed by atoms with Crippen molar-refractivity contribution in [2.24, 2.45) is 0 Å². The van der Waals surface area contributed by atoms with Crippen LogP contribution >= 0.6 is 11.8 Å². The third-order valence-electron chi connectivity index (χ3n) is 4.96. The molecule has 1 heterocycles. The summed E-state index contributed by atoms with van der Waals surface area (Å²) >= 11 is 1.70. The molecule has 132 valence electrons. The Morgan fingerprint density at radius 2 is 1.62 bits per heavy atom. The Morgan fingerprint density at radius 3 is 2.35 bits per heavy atom. The van der Waals surface area contributed by atoms with Crippen molar-refractivity contribution in [2.75, 3.05) is 10.7 Å². The molecule has 1 atom stereocenters. The molecule has 1 saturated heterocycles. The van der Waals surface area contributed by atoms with E-state index in [0.717, 1.165) is 16.5 Å². The van der Waals surface area contributed by atoms with Crippen molar-refractivity contribution in [1.29, 1.82) is 0 Å². The third-order valence-corrected chi connectivity index (χ3v) is 6.17. The maximum absolute atomic E-state index is 12.7. The first kappa shape index (κ1) is 17.2. The Kier molecular flexibility index (Phi) is 4.28. The van der Waals surface area contributed by atoms with Gasteiger partial charge in [0.05, 0.1) is 11.4 Å². The molecule has 0 N–H and O–H groups in total. The zero-order valence-corrected chi connectivity index (χ0v) is 16.2. The molecule has 0 unspecified atom stereocenters. The van der Waals surface area contributed by atoms with Crippen LogP contribution in [0.1, 0.15) is 37.3 Å². The molecular formula is C23H23NOS. The molecule has 3 aromatic rings. The van der Waals surface area contributed by atoms with Crippen LogP contribution in [0.15, 0.2) is 66.7 Å². The zero-order chi connectivity index (χ0) is 18.3. The minimum atomic E-state index is 0.0299. The van der Waals surface area contributed by atoms with Gasteiger partial charge in [-0.05, 0) is 28.0 Å². The van der Waals surface area contributed by atoms with Gasteiger partial charge in [-0.1, -0.05) is 81.4 Å². The number of carbonyl (C=O) groups is 1. The Balaban J connectivity index is 1.76. The third kappa shape index (κ3) is 3.01. The van der Waals surface area contributed by atoms with Gasteiger partial charge in [0.1, 0.15) is 5.37 Å². The van der Waals surface area contributed by atoms with Gasteiger partial charge in [0.25, 0.3) is 0 Å². The van der Waals surface area contributed by atoms with Crippen molar-refractivity contribution in [3.63, 3.8) is 0 Å². The van der Waals surface area contributed by atoms with Crippen molar-refractivity contribution in [3.8, 4) is 0 Å². The van der Waals surface area contributed by atoms with E-state index in [0.29, 0.717) is 5.75 Å². The lowest BCUT2D eigenvalue weighted by Crippen LogP contribution is -2.28. The Morgan fingerprint density at radius 1 is 0.923 bits per heavy atom. The van der Waals surface area contributed by atoms with Crippen LogP contribution < -0.4 is 4.90 Å². The monoisotopic (exact) mass is 361 g/mol. The summed E-state index contributed by atoms with van der Waals surface area (Å²) in [5, 5.41) is 2.32. The summed E-state index contributed by atoms with van der Waals surface area (Å²) in [4.78, 5) is 14.7. The number of nitrogens with zero attached hydrogens (tertiary/aromatic N) is 1. The first-order valence-electron chi connectivity index (χ1n) is 8.97. The molecule has 0 aliphatic carbocycles. The summed E-state index contributed by atoms with van der Waals surface area (Å²) in [6.07, 6.45) is 0. The molecular weight excluding hydrogens is 338 g/mol. The van der Waals surface area contributed by atoms with E-state index < -0.39 is 0 Å². The molecule has 1 amide bonds. The number of hydrogen-bond donors (Lipinski definition) is 0. The van der Waals surface area contributed by atoms with Crippen LogP contribution in [0.4, 0.5) is 5.69 Å². The highest BCUT2D eigenvalue weighted by molar-refractivity contribution is 8.00. The fraction of sp³-hybridized carbons (Fsp3) is 0.261. The van der Waals surface area contributed by atoms with E-state index in [1.165, 1.54) is 11.1 Å².